The summed E-state index contributed by atoms with van der Waals surface area (Å²) in [6, 6.07) is 5.84. The zero-order chi connectivity index (χ0) is 12.8. The molecule has 0 bridgehead atoms. The molecule has 1 aromatic carbocycles. The van der Waals surface area contributed by atoms with Gasteiger partial charge < -0.3 is 15.2 Å². The number of hydrogen-bond donors (Lipinski definition) is 2. The predicted octanol–water partition coefficient (Wildman–Crippen LogP) is 2.60. The first-order valence-electron chi connectivity index (χ1n) is 5.77. The van der Waals surface area contributed by atoms with Crippen molar-refractivity contribution < 1.29 is 9.84 Å². The minimum atomic E-state index is -0.300. The van der Waals surface area contributed by atoms with E-state index in [1.807, 2.05) is 25.1 Å². The molecule has 0 aliphatic carbocycles. The summed E-state index contributed by atoms with van der Waals surface area (Å²) in [6.07, 6.45) is 0.415. The van der Waals surface area contributed by atoms with Crippen LogP contribution in [0.4, 0.5) is 0 Å². The van der Waals surface area contributed by atoms with E-state index < -0.39 is 0 Å². The average Bonchev–Trinajstić information content (AvgIpc) is 2.26. The van der Waals surface area contributed by atoms with Crippen LogP contribution in [0.5, 0.6) is 5.75 Å². The quantitative estimate of drug-likeness (QED) is 0.823. The number of aliphatic hydroxyl groups is 1. The highest BCUT2D eigenvalue weighted by Gasteiger charge is 2.10. The van der Waals surface area contributed by atoms with Gasteiger partial charge in [0, 0.05) is 23.2 Å². The zero-order valence-electron chi connectivity index (χ0n) is 10.5. The maximum absolute atomic E-state index is 9.28. The highest BCUT2D eigenvalue weighted by molar-refractivity contribution is 6.31. The molecule has 1 aromatic rings. The van der Waals surface area contributed by atoms with Crippen LogP contribution >= 0.6 is 11.6 Å². The monoisotopic (exact) mass is 257 g/mol. The number of rotatable bonds is 6. The van der Waals surface area contributed by atoms with E-state index in [1.54, 1.807) is 14.0 Å². The lowest BCUT2D eigenvalue weighted by Crippen LogP contribution is -2.28. The SMILES string of the molecule is COc1cccc(Cl)c1CNC(C)CC(C)O. The van der Waals surface area contributed by atoms with E-state index >= 15 is 0 Å². The van der Waals surface area contributed by atoms with Gasteiger partial charge in [-0.15, -0.1) is 0 Å². The van der Waals surface area contributed by atoms with Crippen LogP contribution in [0.15, 0.2) is 18.2 Å². The fourth-order valence-corrected chi connectivity index (χ4v) is 2.01. The fourth-order valence-electron chi connectivity index (χ4n) is 1.77. The van der Waals surface area contributed by atoms with Crippen LogP contribution in [0.1, 0.15) is 25.8 Å². The summed E-state index contributed by atoms with van der Waals surface area (Å²) in [7, 11) is 1.63. The molecule has 0 aliphatic rings. The van der Waals surface area contributed by atoms with E-state index in [0.29, 0.717) is 18.0 Å². The van der Waals surface area contributed by atoms with E-state index in [0.717, 1.165) is 11.3 Å². The normalized spacial score (nSPS) is 14.4. The van der Waals surface area contributed by atoms with Gasteiger partial charge in [0.05, 0.1) is 13.2 Å². The second kappa shape index (κ2) is 6.84. The van der Waals surface area contributed by atoms with Crippen molar-refractivity contribution in [3.63, 3.8) is 0 Å². The molecule has 0 aliphatic heterocycles. The van der Waals surface area contributed by atoms with Crippen LogP contribution in [-0.2, 0) is 6.54 Å². The molecule has 0 fully saturated rings. The van der Waals surface area contributed by atoms with E-state index in [1.165, 1.54) is 0 Å². The van der Waals surface area contributed by atoms with Crippen LogP contribution in [-0.4, -0.2) is 24.4 Å². The summed E-state index contributed by atoms with van der Waals surface area (Å²) in [6.45, 7) is 4.46. The highest BCUT2D eigenvalue weighted by Crippen LogP contribution is 2.26. The smallest absolute Gasteiger partial charge is 0.124 e. The molecule has 2 atom stereocenters. The molecule has 17 heavy (non-hydrogen) atoms. The van der Waals surface area contributed by atoms with Gasteiger partial charge in [0.2, 0.25) is 0 Å². The Balaban J connectivity index is 2.62. The van der Waals surface area contributed by atoms with E-state index in [9.17, 15) is 5.11 Å². The topological polar surface area (TPSA) is 41.5 Å². The third kappa shape index (κ3) is 4.54. The number of hydrogen-bond acceptors (Lipinski definition) is 3. The van der Waals surface area contributed by atoms with Gasteiger partial charge in [-0.05, 0) is 32.4 Å². The van der Waals surface area contributed by atoms with Gasteiger partial charge in [0.15, 0.2) is 0 Å². The van der Waals surface area contributed by atoms with E-state index in [4.69, 9.17) is 16.3 Å². The van der Waals surface area contributed by atoms with Gasteiger partial charge >= 0.3 is 0 Å². The Bertz CT molecular complexity index is 355. The molecule has 0 amide bonds. The number of aliphatic hydroxyl groups excluding tert-OH is 1. The largest absolute Gasteiger partial charge is 0.496 e. The molecule has 96 valence electrons. The first-order chi connectivity index (χ1) is 8.04. The Morgan fingerprint density at radius 1 is 1.41 bits per heavy atom. The summed E-state index contributed by atoms with van der Waals surface area (Å²) >= 11 is 6.13. The van der Waals surface area contributed by atoms with Gasteiger partial charge in [-0.25, -0.2) is 0 Å². The van der Waals surface area contributed by atoms with Crippen LogP contribution in [0.2, 0.25) is 5.02 Å². The summed E-state index contributed by atoms with van der Waals surface area (Å²) in [4.78, 5) is 0. The Hall–Kier alpha value is -0.770. The molecule has 3 nitrogen and oxygen atoms in total. The molecule has 2 unspecified atom stereocenters. The number of nitrogens with one attached hydrogen (secondary N) is 1. The number of ether oxygens (including phenoxy) is 1. The third-order valence-electron chi connectivity index (χ3n) is 2.62. The maximum Gasteiger partial charge on any atom is 0.124 e. The molecule has 0 saturated carbocycles. The van der Waals surface area contributed by atoms with Crippen molar-refractivity contribution in [3.05, 3.63) is 28.8 Å². The Kier molecular flexibility index (Phi) is 5.75. The zero-order valence-corrected chi connectivity index (χ0v) is 11.3. The van der Waals surface area contributed by atoms with Crippen molar-refractivity contribution in [1.29, 1.82) is 0 Å². The molecular weight excluding hydrogens is 238 g/mol. The van der Waals surface area contributed by atoms with Crippen molar-refractivity contribution in [2.45, 2.75) is 39.0 Å². The van der Waals surface area contributed by atoms with Crippen LogP contribution in [0, 0.1) is 0 Å². The average molecular weight is 258 g/mol. The van der Waals surface area contributed by atoms with Crippen LogP contribution < -0.4 is 10.1 Å². The van der Waals surface area contributed by atoms with Gasteiger partial charge in [-0.3, -0.25) is 0 Å². The summed E-state index contributed by atoms with van der Waals surface area (Å²) in [5, 5.41) is 13.3. The lowest BCUT2D eigenvalue weighted by atomic mass is 10.1. The van der Waals surface area contributed by atoms with Gasteiger partial charge in [0.1, 0.15) is 5.75 Å². The molecular formula is C13H20ClNO2. The van der Waals surface area contributed by atoms with Crippen molar-refractivity contribution >= 4 is 11.6 Å². The molecule has 0 spiro atoms. The van der Waals surface area contributed by atoms with Crippen LogP contribution in [0.3, 0.4) is 0 Å². The van der Waals surface area contributed by atoms with Gasteiger partial charge in [0.25, 0.3) is 0 Å². The van der Waals surface area contributed by atoms with E-state index in [-0.39, 0.29) is 12.1 Å². The minimum Gasteiger partial charge on any atom is -0.496 e. The van der Waals surface area contributed by atoms with Crippen LogP contribution in [0.25, 0.3) is 0 Å². The molecule has 0 radical (unpaired) electrons. The molecule has 0 heterocycles. The first kappa shape index (κ1) is 14.3. The molecule has 0 aromatic heterocycles. The van der Waals surface area contributed by atoms with Gasteiger partial charge in [-0.2, -0.15) is 0 Å². The summed E-state index contributed by atoms with van der Waals surface area (Å²) < 4.78 is 5.27. The molecule has 4 heteroatoms. The van der Waals surface area contributed by atoms with Crippen molar-refractivity contribution in [2.24, 2.45) is 0 Å². The number of benzene rings is 1. The Labute approximate surface area is 108 Å². The van der Waals surface area contributed by atoms with Crippen molar-refractivity contribution in [2.75, 3.05) is 7.11 Å². The summed E-state index contributed by atoms with van der Waals surface area (Å²) in [5.41, 5.74) is 0.953. The fraction of sp³-hybridized carbons (Fsp3) is 0.538. The third-order valence-corrected chi connectivity index (χ3v) is 2.97. The summed E-state index contributed by atoms with van der Waals surface area (Å²) in [5.74, 6) is 0.786. The predicted molar refractivity (Wildman–Crippen MR) is 70.6 cm³/mol. The lowest BCUT2D eigenvalue weighted by molar-refractivity contribution is 0.170. The second-order valence-corrected chi connectivity index (χ2v) is 4.69. The molecule has 1 rings (SSSR count). The van der Waals surface area contributed by atoms with Crippen molar-refractivity contribution in [1.82, 2.24) is 5.32 Å². The number of halogens is 1. The second-order valence-electron chi connectivity index (χ2n) is 4.29. The Morgan fingerprint density at radius 2 is 2.12 bits per heavy atom. The van der Waals surface area contributed by atoms with Gasteiger partial charge in [-0.1, -0.05) is 17.7 Å². The molecule has 2 N–H and O–H groups in total. The molecule has 0 saturated heterocycles. The first-order valence-corrected chi connectivity index (χ1v) is 6.15. The standard InChI is InChI=1S/C13H20ClNO2/c1-9(7-10(2)16)15-8-11-12(14)5-4-6-13(11)17-3/h4-6,9-10,15-16H,7-8H2,1-3H3. The Morgan fingerprint density at radius 3 is 2.71 bits per heavy atom. The highest BCUT2D eigenvalue weighted by atomic mass is 35.5. The van der Waals surface area contributed by atoms with E-state index in [2.05, 4.69) is 5.32 Å². The lowest BCUT2D eigenvalue weighted by Gasteiger charge is -2.17. The number of methoxy groups -OCH3 is 1. The maximum atomic E-state index is 9.28. The minimum absolute atomic E-state index is 0.232. The van der Waals surface area contributed by atoms with Crippen molar-refractivity contribution in [3.8, 4) is 5.75 Å².